The summed E-state index contributed by atoms with van der Waals surface area (Å²) in [6.45, 7) is 0.814. The van der Waals surface area contributed by atoms with Crippen LogP contribution in [-0.2, 0) is 9.53 Å². The fourth-order valence-electron chi connectivity index (χ4n) is 1.36. The van der Waals surface area contributed by atoms with Gasteiger partial charge in [0.05, 0.1) is 25.0 Å². The van der Waals surface area contributed by atoms with E-state index in [9.17, 15) is 9.59 Å². The minimum Gasteiger partial charge on any atom is -0.397 e. The number of hydrogen-bond acceptors (Lipinski definition) is 5. The zero-order valence-corrected chi connectivity index (χ0v) is 11.0. The van der Waals surface area contributed by atoms with Gasteiger partial charge in [0, 0.05) is 20.7 Å². The molecule has 2 amide bonds. The van der Waals surface area contributed by atoms with E-state index >= 15 is 0 Å². The number of ether oxygens (including phenoxy) is 1. The summed E-state index contributed by atoms with van der Waals surface area (Å²) in [7, 11) is 3.09. The summed E-state index contributed by atoms with van der Waals surface area (Å²) < 4.78 is 4.81. The van der Waals surface area contributed by atoms with Crippen LogP contribution < -0.4 is 11.1 Å². The fourth-order valence-corrected chi connectivity index (χ4v) is 1.36. The number of nitrogens with two attached hydrogens (primary N) is 1. The highest BCUT2D eigenvalue weighted by Gasteiger charge is 2.15. The summed E-state index contributed by atoms with van der Waals surface area (Å²) in [5, 5.41) is 2.63. The molecule has 0 radical (unpaired) electrons. The standard InChI is InChI=1S/C12H18N4O3/c1-16(8-11(17)14-5-6-19-2)12(18)10-4-3-9(13)7-15-10/h3-4,7H,5-6,8,13H2,1-2H3,(H,14,17). The van der Waals surface area contributed by atoms with Crippen LogP contribution in [0.25, 0.3) is 0 Å². The average molecular weight is 266 g/mol. The molecule has 1 aromatic heterocycles. The van der Waals surface area contributed by atoms with E-state index in [0.29, 0.717) is 18.8 Å². The van der Waals surface area contributed by atoms with Crippen molar-refractivity contribution in [3.05, 3.63) is 24.0 Å². The van der Waals surface area contributed by atoms with Crippen LogP contribution in [0.3, 0.4) is 0 Å². The molecule has 3 N–H and O–H groups in total. The first-order valence-corrected chi connectivity index (χ1v) is 5.77. The van der Waals surface area contributed by atoms with Crippen molar-refractivity contribution < 1.29 is 14.3 Å². The van der Waals surface area contributed by atoms with E-state index < -0.39 is 0 Å². The lowest BCUT2D eigenvalue weighted by Gasteiger charge is -2.16. The van der Waals surface area contributed by atoms with Gasteiger partial charge in [0.2, 0.25) is 5.91 Å². The van der Waals surface area contributed by atoms with Crippen molar-refractivity contribution in [1.29, 1.82) is 0 Å². The van der Waals surface area contributed by atoms with Gasteiger partial charge in [0.25, 0.3) is 5.91 Å². The summed E-state index contributed by atoms with van der Waals surface area (Å²) in [6.07, 6.45) is 1.40. The molecule has 7 nitrogen and oxygen atoms in total. The van der Waals surface area contributed by atoms with Crippen molar-refractivity contribution in [3.63, 3.8) is 0 Å². The third kappa shape index (κ3) is 4.92. The first-order valence-electron chi connectivity index (χ1n) is 5.77. The van der Waals surface area contributed by atoms with Crippen molar-refractivity contribution in [2.24, 2.45) is 0 Å². The van der Waals surface area contributed by atoms with Gasteiger partial charge in [-0.15, -0.1) is 0 Å². The number of likely N-dealkylation sites (N-methyl/N-ethyl adjacent to an activating group) is 1. The molecule has 0 spiro atoms. The van der Waals surface area contributed by atoms with Crippen LogP contribution in [0.4, 0.5) is 5.69 Å². The second kappa shape index (κ2) is 7.32. The number of nitrogen functional groups attached to an aromatic ring is 1. The van der Waals surface area contributed by atoms with Crippen molar-refractivity contribution in [2.75, 3.05) is 39.6 Å². The lowest BCUT2D eigenvalue weighted by atomic mass is 10.3. The van der Waals surface area contributed by atoms with Crippen molar-refractivity contribution in [2.45, 2.75) is 0 Å². The Bertz CT molecular complexity index is 433. The summed E-state index contributed by atoms with van der Waals surface area (Å²) in [5.41, 5.74) is 6.22. The molecular weight excluding hydrogens is 248 g/mol. The lowest BCUT2D eigenvalue weighted by molar-refractivity contribution is -0.121. The van der Waals surface area contributed by atoms with Crippen molar-refractivity contribution in [3.8, 4) is 0 Å². The Balaban J connectivity index is 2.48. The third-order valence-corrected chi connectivity index (χ3v) is 2.36. The zero-order chi connectivity index (χ0) is 14.3. The summed E-state index contributed by atoms with van der Waals surface area (Å²) in [6, 6.07) is 3.11. The van der Waals surface area contributed by atoms with Crippen LogP contribution in [0.1, 0.15) is 10.5 Å². The van der Waals surface area contributed by atoms with Gasteiger partial charge in [-0.05, 0) is 12.1 Å². The molecule has 1 rings (SSSR count). The van der Waals surface area contributed by atoms with E-state index in [4.69, 9.17) is 10.5 Å². The minimum atomic E-state index is -0.332. The van der Waals surface area contributed by atoms with Gasteiger partial charge in [0.15, 0.2) is 0 Å². The molecule has 0 saturated carbocycles. The molecule has 1 heterocycles. The number of carbonyl (C=O) groups is 2. The monoisotopic (exact) mass is 266 g/mol. The molecule has 19 heavy (non-hydrogen) atoms. The molecule has 0 bridgehead atoms. The topological polar surface area (TPSA) is 97.5 Å². The predicted molar refractivity (Wildman–Crippen MR) is 70.5 cm³/mol. The van der Waals surface area contributed by atoms with E-state index in [1.165, 1.54) is 24.2 Å². The predicted octanol–water partition coefficient (Wildman–Crippen LogP) is -0.502. The van der Waals surface area contributed by atoms with E-state index in [0.717, 1.165) is 0 Å². The van der Waals surface area contributed by atoms with Gasteiger partial charge < -0.3 is 20.7 Å². The Morgan fingerprint density at radius 1 is 1.47 bits per heavy atom. The molecule has 7 heteroatoms. The number of anilines is 1. The number of nitrogens with one attached hydrogen (secondary N) is 1. The lowest BCUT2D eigenvalue weighted by Crippen LogP contribution is -2.39. The number of hydrogen-bond donors (Lipinski definition) is 2. The third-order valence-electron chi connectivity index (χ3n) is 2.36. The molecule has 1 aromatic rings. The molecule has 0 aromatic carbocycles. The number of carbonyl (C=O) groups excluding carboxylic acids is 2. The van der Waals surface area contributed by atoms with Crippen LogP contribution in [0.5, 0.6) is 0 Å². The van der Waals surface area contributed by atoms with Gasteiger partial charge >= 0.3 is 0 Å². The second-order valence-electron chi connectivity index (χ2n) is 3.98. The van der Waals surface area contributed by atoms with Gasteiger partial charge in [-0.2, -0.15) is 0 Å². The Labute approximate surface area is 111 Å². The van der Waals surface area contributed by atoms with E-state index in [1.807, 2.05) is 0 Å². The first-order chi connectivity index (χ1) is 9.04. The van der Waals surface area contributed by atoms with E-state index in [2.05, 4.69) is 10.3 Å². The number of methoxy groups -OCH3 is 1. The van der Waals surface area contributed by atoms with Gasteiger partial charge in [0.1, 0.15) is 5.69 Å². The average Bonchev–Trinajstić information content (AvgIpc) is 2.39. The Morgan fingerprint density at radius 2 is 2.21 bits per heavy atom. The highest BCUT2D eigenvalue weighted by molar-refractivity contribution is 5.94. The Kier molecular flexibility index (Phi) is 5.74. The van der Waals surface area contributed by atoms with Crippen molar-refractivity contribution in [1.82, 2.24) is 15.2 Å². The van der Waals surface area contributed by atoms with Crippen LogP contribution in [0.2, 0.25) is 0 Å². The SMILES string of the molecule is COCCNC(=O)CN(C)C(=O)c1ccc(N)cn1. The van der Waals surface area contributed by atoms with E-state index in [1.54, 1.807) is 13.2 Å². The number of pyridine rings is 1. The van der Waals surface area contributed by atoms with Crippen LogP contribution in [0.15, 0.2) is 18.3 Å². The number of rotatable bonds is 6. The number of nitrogens with zero attached hydrogens (tertiary/aromatic N) is 2. The largest absolute Gasteiger partial charge is 0.397 e. The second-order valence-corrected chi connectivity index (χ2v) is 3.98. The Hall–Kier alpha value is -2.15. The molecule has 0 saturated heterocycles. The van der Waals surface area contributed by atoms with Crippen molar-refractivity contribution >= 4 is 17.5 Å². The zero-order valence-electron chi connectivity index (χ0n) is 11.0. The fraction of sp³-hybridized carbons (Fsp3) is 0.417. The molecule has 0 atom stereocenters. The molecule has 0 aliphatic heterocycles. The number of amides is 2. The molecule has 104 valence electrons. The summed E-state index contributed by atoms with van der Waals surface area (Å²) >= 11 is 0. The molecule has 0 unspecified atom stereocenters. The maximum atomic E-state index is 11.9. The van der Waals surface area contributed by atoms with Crippen LogP contribution in [-0.4, -0.2) is 55.6 Å². The normalized spacial score (nSPS) is 10.0. The maximum Gasteiger partial charge on any atom is 0.272 e. The first kappa shape index (κ1) is 14.9. The minimum absolute atomic E-state index is 0.0331. The smallest absolute Gasteiger partial charge is 0.272 e. The molecule has 0 fully saturated rings. The van der Waals surface area contributed by atoms with Gasteiger partial charge in [-0.1, -0.05) is 0 Å². The Morgan fingerprint density at radius 3 is 2.79 bits per heavy atom. The number of aromatic nitrogens is 1. The molecule has 0 aliphatic rings. The highest BCUT2D eigenvalue weighted by atomic mass is 16.5. The van der Waals surface area contributed by atoms with E-state index in [-0.39, 0.29) is 24.1 Å². The summed E-state index contributed by atoms with van der Waals surface area (Å²) in [4.78, 5) is 28.7. The van der Waals surface area contributed by atoms with Gasteiger partial charge in [-0.3, -0.25) is 9.59 Å². The highest BCUT2D eigenvalue weighted by Crippen LogP contribution is 2.03. The molecular formula is C12H18N4O3. The molecule has 0 aliphatic carbocycles. The van der Waals surface area contributed by atoms with Crippen LogP contribution in [0, 0.1) is 0 Å². The summed E-state index contributed by atoms with van der Waals surface area (Å²) in [5.74, 6) is -0.578. The maximum absolute atomic E-state index is 11.9. The van der Waals surface area contributed by atoms with Crippen LogP contribution >= 0.6 is 0 Å². The van der Waals surface area contributed by atoms with Gasteiger partial charge in [-0.25, -0.2) is 4.98 Å². The quantitative estimate of drug-likeness (QED) is 0.676.